The van der Waals surface area contributed by atoms with Crippen LogP contribution in [0.1, 0.15) is 70.3 Å². The van der Waals surface area contributed by atoms with Crippen molar-refractivity contribution in [1.29, 1.82) is 0 Å². The van der Waals surface area contributed by atoms with E-state index < -0.39 is 5.97 Å². The van der Waals surface area contributed by atoms with E-state index in [9.17, 15) is 9.59 Å². The summed E-state index contributed by atoms with van der Waals surface area (Å²) in [6.07, 6.45) is 5.70. The molecule has 0 bridgehead atoms. The number of carbonyl (C=O) groups excluding carboxylic acids is 2. The Morgan fingerprint density at radius 1 is 1.24 bits per heavy atom. The summed E-state index contributed by atoms with van der Waals surface area (Å²) in [6, 6.07) is 0. The van der Waals surface area contributed by atoms with Crippen molar-refractivity contribution in [1.82, 2.24) is 4.98 Å². The molecule has 1 aliphatic carbocycles. The Balaban J connectivity index is 2.33. The molecule has 0 aliphatic heterocycles. The molecule has 1 aromatic heterocycles. The molecular weight excluding hydrogens is 290 g/mol. The quantitative estimate of drug-likeness (QED) is 0.616. The Labute approximate surface area is 128 Å². The van der Waals surface area contributed by atoms with E-state index in [0.29, 0.717) is 15.8 Å². The monoisotopic (exact) mass is 311 g/mol. The fourth-order valence-electron chi connectivity index (χ4n) is 2.86. The molecule has 1 fully saturated rings. The summed E-state index contributed by atoms with van der Waals surface area (Å²) in [7, 11) is 2.95. The van der Waals surface area contributed by atoms with Gasteiger partial charge in [0.25, 0.3) is 0 Å². The summed E-state index contributed by atoms with van der Waals surface area (Å²) in [6.45, 7) is 1.44. The second-order valence-corrected chi connectivity index (χ2v) is 6.36. The number of methoxy groups -OCH3 is 2. The molecule has 0 amide bonds. The molecule has 1 heterocycles. The lowest BCUT2D eigenvalue weighted by molar-refractivity contribution is 0.0349. The molecule has 1 aliphatic rings. The van der Waals surface area contributed by atoms with Crippen LogP contribution >= 0.6 is 11.3 Å². The number of nitrogens with zero attached hydrogens (tertiary/aromatic N) is 1. The van der Waals surface area contributed by atoms with Crippen molar-refractivity contribution in [3.05, 3.63) is 15.6 Å². The highest BCUT2D eigenvalue weighted by Crippen LogP contribution is 2.38. The van der Waals surface area contributed by atoms with Crippen LogP contribution in [0, 0.1) is 5.92 Å². The average Bonchev–Trinajstić information content (AvgIpc) is 2.93. The first-order valence-electron chi connectivity index (χ1n) is 7.21. The Morgan fingerprint density at radius 3 is 2.43 bits per heavy atom. The van der Waals surface area contributed by atoms with Gasteiger partial charge in [0, 0.05) is 14.0 Å². The Bertz CT molecular complexity index is 520. The summed E-state index contributed by atoms with van der Waals surface area (Å²) in [5.74, 6) is -0.334. The van der Waals surface area contributed by atoms with E-state index in [0.717, 1.165) is 12.8 Å². The Morgan fingerprint density at radius 2 is 1.90 bits per heavy atom. The second-order valence-electron chi connectivity index (χ2n) is 5.33. The first-order chi connectivity index (χ1) is 10.1. The maximum Gasteiger partial charge on any atom is 0.358 e. The molecule has 1 unspecified atom stereocenters. The first kappa shape index (κ1) is 16.1. The van der Waals surface area contributed by atoms with Gasteiger partial charge in [-0.15, -0.1) is 11.3 Å². The minimum atomic E-state index is -0.568. The maximum atomic E-state index is 11.8. The minimum absolute atomic E-state index is 0.114. The summed E-state index contributed by atoms with van der Waals surface area (Å²) in [5, 5.41) is 0.704. The maximum absolute atomic E-state index is 11.8. The number of esters is 1. The van der Waals surface area contributed by atoms with Crippen molar-refractivity contribution >= 4 is 23.1 Å². The molecule has 21 heavy (non-hydrogen) atoms. The number of carbonyl (C=O) groups is 2. The highest BCUT2D eigenvalue weighted by molar-refractivity contribution is 7.14. The van der Waals surface area contributed by atoms with Gasteiger partial charge in [-0.1, -0.05) is 19.3 Å². The highest BCUT2D eigenvalue weighted by atomic mass is 32.1. The van der Waals surface area contributed by atoms with E-state index in [1.165, 1.54) is 44.6 Å². The van der Waals surface area contributed by atoms with E-state index in [4.69, 9.17) is 9.47 Å². The fourth-order valence-corrected chi connectivity index (χ4v) is 3.98. The summed E-state index contributed by atoms with van der Waals surface area (Å²) in [5.41, 5.74) is 0.114. The smallest absolute Gasteiger partial charge is 0.358 e. The van der Waals surface area contributed by atoms with Crippen LogP contribution in [0.5, 0.6) is 0 Å². The van der Waals surface area contributed by atoms with Crippen molar-refractivity contribution in [2.75, 3.05) is 14.2 Å². The predicted molar refractivity (Wildman–Crippen MR) is 79.8 cm³/mol. The van der Waals surface area contributed by atoms with E-state index in [-0.39, 0.29) is 17.6 Å². The van der Waals surface area contributed by atoms with Crippen LogP contribution in [0.3, 0.4) is 0 Å². The van der Waals surface area contributed by atoms with Crippen LogP contribution < -0.4 is 0 Å². The van der Waals surface area contributed by atoms with Gasteiger partial charge in [-0.25, -0.2) is 9.78 Å². The lowest BCUT2D eigenvalue weighted by atomic mass is 9.85. The zero-order chi connectivity index (χ0) is 15.4. The molecule has 0 saturated heterocycles. The number of thiazole rings is 1. The molecule has 0 aromatic carbocycles. The third-order valence-corrected chi connectivity index (χ3v) is 5.14. The van der Waals surface area contributed by atoms with E-state index in [1.807, 2.05) is 0 Å². The Kier molecular flexibility index (Phi) is 5.47. The molecule has 6 heteroatoms. The lowest BCUT2D eigenvalue weighted by Crippen LogP contribution is -2.18. The van der Waals surface area contributed by atoms with Crippen molar-refractivity contribution in [2.45, 2.75) is 45.1 Å². The van der Waals surface area contributed by atoms with Crippen LogP contribution in [-0.2, 0) is 9.47 Å². The molecule has 2 rings (SSSR count). The van der Waals surface area contributed by atoms with Crippen molar-refractivity contribution in [3.63, 3.8) is 0 Å². The number of rotatable bonds is 5. The molecule has 0 N–H and O–H groups in total. The molecule has 1 aromatic rings. The number of hydrogen-bond donors (Lipinski definition) is 0. The van der Waals surface area contributed by atoms with Gasteiger partial charge < -0.3 is 9.47 Å². The van der Waals surface area contributed by atoms with Gasteiger partial charge in [-0.05, 0) is 18.8 Å². The van der Waals surface area contributed by atoms with E-state index in [2.05, 4.69) is 4.98 Å². The van der Waals surface area contributed by atoms with Gasteiger partial charge in [0.15, 0.2) is 11.5 Å². The third-order valence-electron chi connectivity index (χ3n) is 3.92. The topological polar surface area (TPSA) is 65.5 Å². The number of Topliss-reactive ketones (excluding diaryl/α,β-unsaturated/α-hetero) is 1. The molecule has 5 nitrogen and oxygen atoms in total. The lowest BCUT2D eigenvalue weighted by Gasteiger charge is -2.27. The first-order valence-corrected chi connectivity index (χ1v) is 8.03. The highest BCUT2D eigenvalue weighted by Gasteiger charge is 2.31. The predicted octanol–water partition coefficient (Wildman–Crippen LogP) is 3.40. The number of ether oxygens (including phenoxy) is 2. The minimum Gasteiger partial charge on any atom is -0.464 e. The van der Waals surface area contributed by atoms with Gasteiger partial charge in [-0.2, -0.15) is 0 Å². The standard InChI is InChI=1S/C15H21NO4S/c1-9(17)13-11(15(18)20-3)16-14(21-13)12(19-2)10-7-5-4-6-8-10/h10,12H,4-8H2,1-3H3. The third kappa shape index (κ3) is 3.49. The molecular formula is C15H21NO4S. The molecule has 1 saturated carbocycles. The SMILES string of the molecule is COC(=O)c1nc(C(OC)C2CCCCC2)sc1C(C)=O. The molecule has 116 valence electrons. The van der Waals surface area contributed by atoms with Crippen LogP contribution in [0.2, 0.25) is 0 Å². The van der Waals surface area contributed by atoms with Gasteiger partial charge in [-0.3, -0.25) is 4.79 Å². The van der Waals surface area contributed by atoms with Gasteiger partial charge >= 0.3 is 5.97 Å². The number of hydrogen-bond acceptors (Lipinski definition) is 6. The normalized spacial score (nSPS) is 17.5. The van der Waals surface area contributed by atoms with Crippen LogP contribution in [0.25, 0.3) is 0 Å². The largest absolute Gasteiger partial charge is 0.464 e. The molecule has 0 radical (unpaired) electrons. The van der Waals surface area contributed by atoms with Crippen LogP contribution in [0.4, 0.5) is 0 Å². The van der Waals surface area contributed by atoms with Crippen molar-refractivity contribution in [3.8, 4) is 0 Å². The zero-order valence-electron chi connectivity index (χ0n) is 12.7. The van der Waals surface area contributed by atoms with Crippen LogP contribution in [0.15, 0.2) is 0 Å². The van der Waals surface area contributed by atoms with Gasteiger partial charge in [0.1, 0.15) is 16.0 Å². The molecule has 1 atom stereocenters. The van der Waals surface area contributed by atoms with Crippen molar-refractivity contribution < 1.29 is 19.1 Å². The summed E-state index contributed by atoms with van der Waals surface area (Å²) in [4.78, 5) is 28.2. The second kappa shape index (κ2) is 7.13. The van der Waals surface area contributed by atoms with Crippen LogP contribution in [-0.4, -0.2) is 31.0 Å². The zero-order valence-corrected chi connectivity index (χ0v) is 13.5. The van der Waals surface area contributed by atoms with E-state index in [1.54, 1.807) is 7.11 Å². The summed E-state index contributed by atoms with van der Waals surface area (Å²) >= 11 is 1.25. The fraction of sp³-hybridized carbons (Fsp3) is 0.667. The number of ketones is 1. The van der Waals surface area contributed by atoms with E-state index >= 15 is 0 Å². The Hall–Kier alpha value is -1.27. The van der Waals surface area contributed by atoms with Crippen molar-refractivity contribution in [2.24, 2.45) is 5.92 Å². The van der Waals surface area contributed by atoms with Gasteiger partial charge in [0.05, 0.1) is 7.11 Å². The van der Waals surface area contributed by atoms with Gasteiger partial charge in [0.2, 0.25) is 0 Å². The average molecular weight is 311 g/mol. The number of aromatic nitrogens is 1. The summed E-state index contributed by atoms with van der Waals surface area (Å²) < 4.78 is 10.3. The molecule has 0 spiro atoms.